The lowest BCUT2D eigenvalue weighted by Gasteiger charge is -2.11. The maximum Gasteiger partial charge on any atom is 0.340 e. The molecule has 106 valence electrons. The first-order valence-electron chi connectivity index (χ1n) is 5.56. The van der Waals surface area contributed by atoms with Crippen molar-refractivity contribution in [3.05, 3.63) is 52.0 Å². The molecule has 2 rings (SSSR count). The second-order valence-electron chi connectivity index (χ2n) is 4.10. The Labute approximate surface area is 127 Å². The zero-order chi connectivity index (χ0) is 14.9. The van der Waals surface area contributed by atoms with Crippen LogP contribution in [0.15, 0.2) is 41.3 Å². The molecule has 0 radical (unpaired) electrons. The van der Waals surface area contributed by atoms with Gasteiger partial charge in [0.1, 0.15) is 4.90 Å². The van der Waals surface area contributed by atoms with Gasteiger partial charge in [0.15, 0.2) is 5.75 Å². The van der Waals surface area contributed by atoms with Crippen molar-refractivity contribution in [2.75, 3.05) is 5.73 Å². The molecule has 2 N–H and O–H groups in total. The van der Waals surface area contributed by atoms with Crippen molar-refractivity contribution in [3.8, 4) is 5.75 Å². The van der Waals surface area contributed by atoms with Gasteiger partial charge in [0.25, 0.3) is 0 Å². The van der Waals surface area contributed by atoms with E-state index < -0.39 is 10.1 Å². The highest BCUT2D eigenvalue weighted by atomic mass is 35.5. The fourth-order valence-corrected chi connectivity index (χ4v) is 3.26. The topological polar surface area (TPSA) is 69.4 Å². The average molecular weight is 332 g/mol. The molecule has 4 nitrogen and oxygen atoms in total. The fraction of sp³-hybridized carbons (Fsp3) is 0.0769. The Hall–Kier alpha value is -1.43. The van der Waals surface area contributed by atoms with Crippen molar-refractivity contribution in [3.63, 3.8) is 0 Å². The molecule has 0 spiro atoms. The summed E-state index contributed by atoms with van der Waals surface area (Å²) in [5.74, 6) is 0.0658. The Morgan fingerprint density at radius 3 is 2.50 bits per heavy atom. The van der Waals surface area contributed by atoms with Gasteiger partial charge in [0.05, 0.1) is 10.7 Å². The van der Waals surface area contributed by atoms with Crippen LogP contribution in [0.3, 0.4) is 0 Å². The summed E-state index contributed by atoms with van der Waals surface area (Å²) < 4.78 is 29.4. The highest BCUT2D eigenvalue weighted by Gasteiger charge is 2.21. The van der Waals surface area contributed by atoms with E-state index in [1.807, 2.05) is 0 Å². The van der Waals surface area contributed by atoms with Crippen LogP contribution >= 0.6 is 23.2 Å². The molecule has 0 fully saturated rings. The second kappa shape index (κ2) is 5.52. The molecular weight excluding hydrogens is 321 g/mol. The van der Waals surface area contributed by atoms with E-state index in [-0.39, 0.29) is 21.4 Å². The molecule has 2 aromatic rings. The summed E-state index contributed by atoms with van der Waals surface area (Å²) in [5, 5.41) is 0.327. The number of para-hydroxylation sites is 1. The largest absolute Gasteiger partial charge is 0.395 e. The van der Waals surface area contributed by atoms with Crippen LogP contribution in [-0.2, 0) is 10.1 Å². The van der Waals surface area contributed by atoms with Gasteiger partial charge >= 0.3 is 10.1 Å². The minimum absolute atomic E-state index is 0.0104. The molecule has 0 atom stereocenters. The maximum absolute atomic E-state index is 12.2. The predicted molar refractivity (Wildman–Crippen MR) is 79.9 cm³/mol. The van der Waals surface area contributed by atoms with Gasteiger partial charge < -0.3 is 9.92 Å². The number of hydrogen-bond donors (Lipinski definition) is 1. The summed E-state index contributed by atoms with van der Waals surface area (Å²) in [6.45, 7) is 1.75. The van der Waals surface area contributed by atoms with Crippen LogP contribution in [0.2, 0.25) is 10.0 Å². The smallest absolute Gasteiger partial charge is 0.340 e. The summed E-state index contributed by atoms with van der Waals surface area (Å²) in [5.41, 5.74) is 6.77. The van der Waals surface area contributed by atoms with Crippen LogP contribution in [0.25, 0.3) is 0 Å². The minimum Gasteiger partial charge on any atom is -0.395 e. The first-order chi connectivity index (χ1) is 9.31. The molecular formula is C13H11Cl2NO3S. The van der Waals surface area contributed by atoms with Gasteiger partial charge in [-0.05, 0) is 36.8 Å². The number of halogens is 2. The highest BCUT2D eigenvalue weighted by Crippen LogP contribution is 2.31. The van der Waals surface area contributed by atoms with Crippen LogP contribution in [0.1, 0.15) is 5.56 Å². The number of benzene rings is 2. The Bertz CT molecular complexity index is 760. The first kappa shape index (κ1) is 15.0. The predicted octanol–water partition coefficient (Wildman–Crippen LogP) is 3.65. The lowest BCUT2D eigenvalue weighted by atomic mass is 10.2. The van der Waals surface area contributed by atoms with E-state index in [4.69, 9.17) is 33.1 Å². The lowest BCUT2D eigenvalue weighted by molar-refractivity contribution is 0.487. The van der Waals surface area contributed by atoms with E-state index >= 15 is 0 Å². The third-order valence-electron chi connectivity index (χ3n) is 2.65. The van der Waals surface area contributed by atoms with Crippen molar-refractivity contribution >= 4 is 39.0 Å². The van der Waals surface area contributed by atoms with Gasteiger partial charge in [-0.15, -0.1) is 0 Å². The molecule has 0 aliphatic carbocycles. The maximum atomic E-state index is 12.2. The summed E-state index contributed by atoms with van der Waals surface area (Å²) >= 11 is 11.6. The third kappa shape index (κ3) is 3.00. The Balaban J connectivity index is 2.44. The van der Waals surface area contributed by atoms with E-state index in [0.29, 0.717) is 5.02 Å². The van der Waals surface area contributed by atoms with E-state index in [1.165, 1.54) is 24.3 Å². The molecule has 0 saturated heterocycles. The molecule has 0 unspecified atom stereocenters. The first-order valence-corrected chi connectivity index (χ1v) is 7.72. The monoisotopic (exact) mass is 331 g/mol. The summed E-state index contributed by atoms with van der Waals surface area (Å²) in [6.07, 6.45) is 0. The van der Waals surface area contributed by atoms with Gasteiger partial charge in [-0.25, -0.2) is 0 Å². The number of rotatable bonds is 3. The van der Waals surface area contributed by atoms with Crippen LogP contribution < -0.4 is 9.92 Å². The number of nitrogens with two attached hydrogens (primary N) is 1. The Morgan fingerprint density at radius 2 is 1.85 bits per heavy atom. The van der Waals surface area contributed by atoms with Gasteiger partial charge in [-0.3, -0.25) is 0 Å². The summed E-state index contributed by atoms with van der Waals surface area (Å²) in [4.78, 5) is -0.163. The van der Waals surface area contributed by atoms with Crippen molar-refractivity contribution in [1.29, 1.82) is 0 Å². The molecule has 0 amide bonds. The van der Waals surface area contributed by atoms with Crippen LogP contribution in [0.4, 0.5) is 5.69 Å². The standard InChI is InChI=1S/C13H11Cl2NO3S/c1-8-3-2-4-11(13(8)16)19-20(17,18)12-6-5-9(14)7-10(12)15/h2-7H,16H2,1H3. The molecule has 0 aliphatic heterocycles. The molecule has 0 heterocycles. The third-order valence-corrected chi connectivity index (χ3v) is 4.60. The van der Waals surface area contributed by atoms with Gasteiger partial charge in [-0.2, -0.15) is 8.42 Å². The molecule has 0 bridgehead atoms. The minimum atomic E-state index is -4.07. The summed E-state index contributed by atoms with van der Waals surface area (Å²) in [6, 6.07) is 8.92. The Morgan fingerprint density at radius 1 is 1.15 bits per heavy atom. The van der Waals surface area contributed by atoms with Crippen molar-refractivity contribution in [2.45, 2.75) is 11.8 Å². The second-order valence-corrected chi connectivity index (χ2v) is 6.46. The SMILES string of the molecule is Cc1cccc(OS(=O)(=O)c2ccc(Cl)cc2Cl)c1N. The van der Waals surface area contributed by atoms with Crippen LogP contribution in [0, 0.1) is 6.92 Å². The fourth-order valence-electron chi connectivity index (χ4n) is 1.57. The van der Waals surface area contributed by atoms with Gasteiger partial charge in [0.2, 0.25) is 0 Å². The molecule has 20 heavy (non-hydrogen) atoms. The van der Waals surface area contributed by atoms with E-state index in [0.717, 1.165) is 5.56 Å². The number of hydrogen-bond acceptors (Lipinski definition) is 4. The van der Waals surface area contributed by atoms with Crippen LogP contribution in [0.5, 0.6) is 5.75 Å². The van der Waals surface area contributed by atoms with Gasteiger partial charge in [0, 0.05) is 5.02 Å². The van der Waals surface area contributed by atoms with E-state index in [9.17, 15) is 8.42 Å². The molecule has 0 aromatic heterocycles. The highest BCUT2D eigenvalue weighted by molar-refractivity contribution is 7.87. The van der Waals surface area contributed by atoms with E-state index in [1.54, 1.807) is 19.1 Å². The molecule has 2 aromatic carbocycles. The molecule has 0 aliphatic rings. The normalized spacial score (nSPS) is 11.3. The average Bonchev–Trinajstić information content (AvgIpc) is 2.34. The zero-order valence-electron chi connectivity index (χ0n) is 10.4. The summed E-state index contributed by atoms with van der Waals surface area (Å²) in [7, 11) is -4.07. The number of anilines is 1. The molecule has 7 heteroatoms. The zero-order valence-corrected chi connectivity index (χ0v) is 12.8. The quantitative estimate of drug-likeness (QED) is 0.688. The number of nitrogen functional groups attached to an aromatic ring is 1. The number of aryl methyl sites for hydroxylation is 1. The van der Waals surface area contributed by atoms with Crippen molar-refractivity contribution in [1.82, 2.24) is 0 Å². The Kier molecular flexibility index (Phi) is 4.13. The molecule has 0 saturated carbocycles. The van der Waals surface area contributed by atoms with Gasteiger partial charge in [-0.1, -0.05) is 35.3 Å². The van der Waals surface area contributed by atoms with Crippen molar-refractivity contribution < 1.29 is 12.6 Å². The van der Waals surface area contributed by atoms with E-state index in [2.05, 4.69) is 0 Å². The van der Waals surface area contributed by atoms with Crippen molar-refractivity contribution in [2.24, 2.45) is 0 Å². The van der Waals surface area contributed by atoms with Crippen LogP contribution in [-0.4, -0.2) is 8.42 Å². The lowest BCUT2D eigenvalue weighted by Crippen LogP contribution is -2.11.